The molecule has 0 aliphatic carbocycles. The van der Waals surface area contributed by atoms with Crippen LogP contribution in [0, 0.1) is 0 Å². The average molecular weight is 283 g/mol. The molecule has 1 heterocycles. The molecule has 2 aromatic rings. The molecule has 1 amide bonds. The molecule has 0 aliphatic rings. The predicted octanol–water partition coefficient (Wildman–Crippen LogP) is 1.65. The minimum Gasteiger partial charge on any atom is -0.480 e. The van der Waals surface area contributed by atoms with E-state index in [2.05, 4.69) is 15.3 Å². The standard InChI is InChI=1S/C15H13N3O3/c19-14(20)10-18-15(21)12-3-5-13(6-4-12)17-9-11-2-1-7-16-8-11/h1-9H,10H2,(H,18,21)(H,19,20)/b17-9+. The van der Waals surface area contributed by atoms with E-state index in [9.17, 15) is 9.59 Å². The van der Waals surface area contributed by atoms with Gasteiger partial charge in [-0.15, -0.1) is 0 Å². The molecule has 2 rings (SSSR count). The van der Waals surface area contributed by atoms with Crippen LogP contribution in [0.2, 0.25) is 0 Å². The fourth-order valence-corrected chi connectivity index (χ4v) is 1.56. The molecule has 106 valence electrons. The fourth-order valence-electron chi connectivity index (χ4n) is 1.56. The molecule has 0 saturated heterocycles. The molecule has 0 unspecified atom stereocenters. The smallest absolute Gasteiger partial charge is 0.322 e. The van der Waals surface area contributed by atoms with E-state index in [1.54, 1.807) is 42.9 Å². The highest BCUT2D eigenvalue weighted by Crippen LogP contribution is 2.13. The van der Waals surface area contributed by atoms with Crippen LogP contribution in [0.5, 0.6) is 0 Å². The number of nitrogens with one attached hydrogen (secondary N) is 1. The van der Waals surface area contributed by atoms with Crippen molar-refractivity contribution < 1.29 is 14.7 Å². The number of aliphatic imine (C=N–C) groups is 1. The molecule has 6 nitrogen and oxygen atoms in total. The number of hydrogen-bond acceptors (Lipinski definition) is 4. The lowest BCUT2D eigenvalue weighted by atomic mass is 10.2. The van der Waals surface area contributed by atoms with Gasteiger partial charge >= 0.3 is 5.97 Å². The van der Waals surface area contributed by atoms with E-state index >= 15 is 0 Å². The number of carbonyl (C=O) groups excluding carboxylic acids is 1. The number of carboxylic acid groups (broad SMARTS) is 1. The van der Waals surface area contributed by atoms with Crippen LogP contribution in [-0.4, -0.2) is 34.7 Å². The SMILES string of the molecule is O=C(O)CNC(=O)c1ccc(/N=C/c2cccnc2)cc1. The third kappa shape index (κ3) is 4.54. The summed E-state index contributed by atoms with van der Waals surface area (Å²) in [6.45, 7) is -0.403. The van der Waals surface area contributed by atoms with Crippen molar-refractivity contribution in [1.29, 1.82) is 0 Å². The second-order valence-electron chi connectivity index (χ2n) is 4.17. The second kappa shape index (κ2) is 6.95. The minimum absolute atomic E-state index is 0.386. The number of nitrogens with zero attached hydrogens (tertiary/aromatic N) is 2. The molecule has 0 aliphatic heterocycles. The summed E-state index contributed by atoms with van der Waals surface area (Å²) in [4.78, 5) is 30.2. The van der Waals surface area contributed by atoms with E-state index in [0.29, 0.717) is 11.3 Å². The summed E-state index contributed by atoms with van der Waals surface area (Å²) >= 11 is 0. The van der Waals surface area contributed by atoms with Gasteiger partial charge in [-0.3, -0.25) is 19.6 Å². The molecular formula is C15H13N3O3. The highest BCUT2D eigenvalue weighted by molar-refractivity contribution is 5.96. The Balaban J connectivity index is 2.00. The molecule has 0 bridgehead atoms. The minimum atomic E-state index is -1.08. The first-order valence-electron chi connectivity index (χ1n) is 6.19. The summed E-state index contributed by atoms with van der Waals surface area (Å²) in [7, 11) is 0. The van der Waals surface area contributed by atoms with Crippen LogP contribution >= 0.6 is 0 Å². The number of carbonyl (C=O) groups is 2. The zero-order valence-corrected chi connectivity index (χ0v) is 11.1. The van der Waals surface area contributed by atoms with Crippen LogP contribution in [0.15, 0.2) is 53.8 Å². The van der Waals surface area contributed by atoms with E-state index in [0.717, 1.165) is 5.56 Å². The summed E-state index contributed by atoms with van der Waals surface area (Å²) in [5, 5.41) is 10.8. The quantitative estimate of drug-likeness (QED) is 0.816. The Bertz CT molecular complexity index is 652. The zero-order valence-electron chi connectivity index (χ0n) is 11.1. The van der Waals surface area contributed by atoms with Crippen molar-refractivity contribution in [1.82, 2.24) is 10.3 Å². The van der Waals surface area contributed by atoms with E-state index < -0.39 is 18.4 Å². The molecule has 0 radical (unpaired) electrons. The van der Waals surface area contributed by atoms with Gasteiger partial charge < -0.3 is 10.4 Å². The second-order valence-corrected chi connectivity index (χ2v) is 4.17. The normalized spacial score (nSPS) is 10.5. The van der Waals surface area contributed by atoms with Crippen LogP contribution in [-0.2, 0) is 4.79 Å². The van der Waals surface area contributed by atoms with Gasteiger partial charge in [0.2, 0.25) is 0 Å². The molecule has 21 heavy (non-hydrogen) atoms. The van der Waals surface area contributed by atoms with Crippen molar-refractivity contribution in [2.75, 3.05) is 6.54 Å². The van der Waals surface area contributed by atoms with Crippen LogP contribution < -0.4 is 5.32 Å². The Morgan fingerprint density at radius 2 is 2.00 bits per heavy atom. The molecule has 0 atom stereocenters. The highest BCUT2D eigenvalue weighted by Gasteiger charge is 2.06. The third-order valence-corrected chi connectivity index (χ3v) is 2.58. The summed E-state index contributed by atoms with van der Waals surface area (Å²) in [5.41, 5.74) is 1.95. The largest absolute Gasteiger partial charge is 0.480 e. The lowest BCUT2D eigenvalue weighted by Gasteiger charge is -2.02. The van der Waals surface area contributed by atoms with E-state index in [1.807, 2.05) is 12.1 Å². The molecule has 2 N–H and O–H groups in total. The van der Waals surface area contributed by atoms with Gasteiger partial charge in [0.05, 0.1) is 5.69 Å². The Kier molecular flexibility index (Phi) is 4.76. The van der Waals surface area contributed by atoms with E-state index in [4.69, 9.17) is 5.11 Å². The van der Waals surface area contributed by atoms with Crippen LogP contribution in [0.3, 0.4) is 0 Å². The van der Waals surface area contributed by atoms with Gasteiger partial charge in [0.25, 0.3) is 5.91 Å². The monoisotopic (exact) mass is 283 g/mol. The summed E-state index contributed by atoms with van der Waals surface area (Å²) in [6.07, 6.45) is 5.05. The number of amides is 1. The molecule has 1 aromatic heterocycles. The van der Waals surface area contributed by atoms with Gasteiger partial charge in [-0.05, 0) is 30.3 Å². The summed E-state index contributed by atoms with van der Waals surface area (Å²) in [5.74, 6) is -1.51. The van der Waals surface area contributed by atoms with Crippen molar-refractivity contribution in [3.8, 4) is 0 Å². The van der Waals surface area contributed by atoms with Crippen molar-refractivity contribution in [2.24, 2.45) is 4.99 Å². The molecule has 0 spiro atoms. The summed E-state index contributed by atoms with van der Waals surface area (Å²) < 4.78 is 0. The average Bonchev–Trinajstić information content (AvgIpc) is 2.52. The van der Waals surface area contributed by atoms with Gasteiger partial charge in [-0.25, -0.2) is 0 Å². The van der Waals surface area contributed by atoms with Crippen molar-refractivity contribution in [2.45, 2.75) is 0 Å². The first-order chi connectivity index (χ1) is 10.1. The first-order valence-corrected chi connectivity index (χ1v) is 6.19. The van der Waals surface area contributed by atoms with Gasteiger partial charge in [0.15, 0.2) is 0 Å². The topological polar surface area (TPSA) is 91.7 Å². The summed E-state index contributed by atoms with van der Waals surface area (Å²) in [6, 6.07) is 10.2. The van der Waals surface area contributed by atoms with Crippen LogP contribution in [0.25, 0.3) is 0 Å². The molecule has 1 aromatic carbocycles. The third-order valence-electron chi connectivity index (χ3n) is 2.58. The van der Waals surface area contributed by atoms with Crippen LogP contribution in [0.4, 0.5) is 5.69 Å². The van der Waals surface area contributed by atoms with Crippen molar-refractivity contribution in [3.63, 3.8) is 0 Å². The van der Waals surface area contributed by atoms with Crippen LogP contribution in [0.1, 0.15) is 15.9 Å². The number of pyridine rings is 1. The zero-order chi connectivity index (χ0) is 15.1. The molecule has 6 heteroatoms. The lowest BCUT2D eigenvalue weighted by molar-refractivity contribution is -0.135. The Morgan fingerprint density at radius 1 is 1.24 bits per heavy atom. The maximum absolute atomic E-state index is 11.6. The molecule has 0 saturated carbocycles. The molecule has 0 fully saturated rings. The maximum atomic E-state index is 11.6. The first kappa shape index (κ1) is 14.4. The Morgan fingerprint density at radius 3 is 2.62 bits per heavy atom. The Hall–Kier alpha value is -3.02. The lowest BCUT2D eigenvalue weighted by Crippen LogP contribution is -2.29. The highest BCUT2D eigenvalue weighted by atomic mass is 16.4. The fraction of sp³-hybridized carbons (Fsp3) is 0.0667. The number of rotatable bonds is 5. The Labute approximate surface area is 121 Å². The number of benzene rings is 1. The number of aromatic nitrogens is 1. The van der Waals surface area contributed by atoms with Gasteiger partial charge in [0, 0.05) is 29.7 Å². The van der Waals surface area contributed by atoms with E-state index in [1.165, 1.54) is 0 Å². The van der Waals surface area contributed by atoms with Gasteiger partial charge in [-0.2, -0.15) is 0 Å². The van der Waals surface area contributed by atoms with Gasteiger partial charge in [0.1, 0.15) is 6.54 Å². The van der Waals surface area contributed by atoms with Crippen molar-refractivity contribution in [3.05, 3.63) is 59.9 Å². The van der Waals surface area contributed by atoms with E-state index in [-0.39, 0.29) is 0 Å². The maximum Gasteiger partial charge on any atom is 0.322 e. The molecular weight excluding hydrogens is 270 g/mol. The number of carboxylic acids is 1. The number of hydrogen-bond donors (Lipinski definition) is 2. The van der Waals surface area contributed by atoms with Gasteiger partial charge in [-0.1, -0.05) is 6.07 Å². The predicted molar refractivity (Wildman–Crippen MR) is 77.9 cm³/mol. The number of aliphatic carboxylic acids is 1. The van der Waals surface area contributed by atoms with Crippen molar-refractivity contribution >= 4 is 23.8 Å².